The van der Waals surface area contributed by atoms with E-state index in [0.29, 0.717) is 0 Å². The minimum absolute atomic E-state index is 0. The molecule has 0 saturated carbocycles. The third-order valence-corrected chi connectivity index (χ3v) is 9.78. The fourth-order valence-electron chi connectivity index (χ4n) is 4.72. The average Bonchev–Trinajstić information content (AvgIpc) is 2.96. The van der Waals surface area contributed by atoms with E-state index in [1.54, 1.807) is 0 Å². The quantitative estimate of drug-likeness (QED) is 0.0597. The molecular weight excluding hydrogens is 564 g/mol. The molecule has 234 valence electrons. The normalized spacial score (nSPS) is 11.1. The van der Waals surface area contributed by atoms with Gasteiger partial charge in [0.2, 0.25) is 0 Å². The van der Waals surface area contributed by atoms with E-state index in [0.717, 1.165) is 39.3 Å². The lowest BCUT2D eigenvalue weighted by molar-refractivity contribution is 0.560. The Bertz CT molecular complexity index is 785. The van der Waals surface area contributed by atoms with Gasteiger partial charge < -0.3 is 21.3 Å². The lowest BCUT2D eigenvalue weighted by Crippen LogP contribution is -2.19. The van der Waals surface area contributed by atoms with E-state index in [1.807, 2.05) is 21.6 Å². The van der Waals surface area contributed by atoms with Gasteiger partial charge in [0, 0.05) is 37.7 Å². The van der Waals surface area contributed by atoms with Crippen molar-refractivity contribution in [3.63, 3.8) is 0 Å². The van der Waals surface area contributed by atoms with E-state index in [4.69, 9.17) is 0 Å². The number of nitrogens with one attached hydrogen (secondary N) is 4. The van der Waals surface area contributed by atoms with Gasteiger partial charge in [0.05, 0.1) is 0 Å². The Kier molecular flexibility index (Phi) is 26.2. The van der Waals surface area contributed by atoms with Crippen LogP contribution in [0.15, 0.2) is 48.5 Å². The molecule has 0 saturated heterocycles. The molecule has 2 rings (SSSR count). The molecule has 41 heavy (non-hydrogen) atoms. The smallest absolute Gasteiger partial charge is 0.0208 e. The minimum Gasteiger partial charge on any atom is -0.316 e. The van der Waals surface area contributed by atoms with Gasteiger partial charge in [-0.1, -0.05) is 109 Å². The maximum Gasteiger partial charge on any atom is 0.0208 e. The molecule has 0 heterocycles. The summed E-state index contributed by atoms with van der Waals surface area (Å²) in [5.41, 5.74) is 5.62. The monoisotopic (exact) mass is 622 g/mol. The van der Waals surface area contributed by atoms with Crippen molar-refractivity contribution in [2.45, 2.75) is 91.1 Å². The fourth-order valence-corrected chi connectivity index (χ4v) is 6.62. The summed E-state index contributed by atoms with van der Waals surface area (Å²) >= 11 is 0. The van der Waals surface area contributed by atoms with Gasteiger partial charge in [0.15, 0.2) is 0 Å². The van der Waals surface area contributed by atoms with Crippen LogP contribution in [0.1, 0.15) is 86.5 Å². The van der Waals surface area contributed by atoms with Gasteiger partial charge in [0.25, 0.3) is 0 Å². The van der Waals surface area contributed by atoms with Crippen LogP contribution in [0.3, 0.4) is 0 Å². The third-order valence-electron chi connectivity index (χ3n) is 7.38. The molecule has 0 aliphatic rings. The zero-order valence-electron chi connectivity index (χ0n) is 26.0. The summed E-state index contributed by atoms with van der Waals surface area (Å²) in [6.07, 6.45) is 13.3. The van der Waals surface area contributed by atoms with Crippen LogP contribution in [-0.2, 0) is 13.1 Å². The number of halogens is 1. The first kappa shape index (κ1) is 38.3. The number of unbranched alkanes of at least 4 members (excludes halogenated alkanes) is 8. The number of rotatable bonds is 27. The molecule has 2 aromatic carbocycles. The number of hydrogen-bond donors (Lipinski definition) is 4. The number of aryl methyl sites for hydroxylation is 2. The third kappa shape index (κ3) is 21.6. The summed E-state index contributed by atoms with van der Waals surface area (Å²) in [5, 5.41) is 14.4. The predicted octanol–water partition coefficient (Wildman–Crippen LogP) is 8.07. The second-order valence-electron chi connectivity index (χ2n) is 10.9. The molecule has 4 N–H and O–H groups in total. The molecule has 0 atom stereocenters. The van der Waals surface area contributed by atoms with Gasteiger partial charge >= 0.3 is 0 Å². The van der Waals surface area contributed by atoms with Crippen molar-refractivity contribution in [3.8, 4) is 0 Å². The van der Waals surface area contributed by atoms with E-state index < -0.39 is 0 Å². The molecule has 0 bridgehead atoms. The maximum absolute atomic E-state index is 3.61. The Morgan fingerprint density at radius 3 is 1.17 bits per heavy atom. The largest absolute Gasteiger partial charge is 0.316 e. The summed E-state index contributed by atoms with van der Waals surface area (Å²) in [7, 11) is 4.03. The lowest BCUT2D eigenvalue weighted by Gasteiger charge is -2.08. The summed E-state index contributed by atoms with van der Waals surface area (Å²) < 4.78 is 0. The standard InChI is InChI=1S/C34H58N4S2.ClH/c1-31-17-9-11-19-33(31)29-37-23-15-7-3-5-13-21-35-25-27-39-40-28-26-36-22-14-6-4-8-16-24-38-30-34-20-12-10-18-32(34)2;/h9-12,17-20,35-38H,3-8,13-16,21-30H2,1-2H3;1H. The maximum atomic E-state index is 3.61. The zero-order valence-corrected chi connectivity index (χ0v) is 28.4. The molecule has 0 aliphatic carbocycles. The van der Waals surface area contributed by atoms with Crippen molar-refractivity contribution in [2.24, 2.45) is 0 Å². The molecule has 0 fully saturated rings. The van der Waals surface area contributed by atoms with Gasteiger partial charge in [-0.3, -0.25) is 0 Å². The van der Waals surface area contributed by atoms with E-state index in [-0.39, 0.29) is 12.4 Å². The van der Waals surface area contributed by atoms with Gasteiger partial charge in [-0.15, -0.1) is 12.4 Å². The van der Waals surface area contributed by atoms with Crippen LogP contribution in [0.25, 0.3) is 0 Å². The first-order chi connectivity index (χ1) is 19.8. The first-order valence-electron chi connectivity index (χ1n) is 15.9. The Balaban J connectivity index is 0.00000840. The molecule has 0 spiro atoms. The van der Waals surface area contributed by atoms with Gasteiger partial charge in [-0.25, -0.2) is 0 Å². The van der Waals surface area contributed by atoms with Crippen molar-refractivity contribution in [1.82, 2.24) is 21.3 Å². The second kappa shape index (κ2) is 28.1. The summed E-state index contributed by atoms with van der Waals surface area (Å²) in [4.78, 5) is 0. The molecule has 0 aliphatic heterocycles. The molecule has 0 radical (unpaired) electrons. The van der Waals surface area contributed by atoms with Crippen molar-refractivity contribution >= 4 is 34.0 Å². The lowest BCUT2D eigenvalue weighted by atomic mass is 10.1. The average molecular weight is 623 g/mol. The Morgan fingerprint density at radius 1 is 0.439 bits per heavy atom. The molecule has 0 aromatic heterocycles. The molecule has 0 unspecified atom stereocenters. The van der Waals surface area contributed by atoms with Crippen LogP contribution in [0.2, 0.25) is 0 Å². The highest BCUT2D eigenvalue weighted by atomic mass is 35.5. The number of benzene rings is 2. The van der Waals surface area contributed by atoms with Crippen molar-refractivity contribution in [1.29, 1.82) is 0 Å². The Morgan fingerprint density at radius 2 is 0.780 bits per heavy atom. The van der Waals surface area contributed by atoms with Gasteiger partial charge in [-0.2, -0.15) is 0 Å². The first-order valence-corrected chi connectivity index (χ1v) is 18.4. The van der Waals surface area contributed by atoms with Gasteiger partial charge in [0.1, 0.15) is 0 Å². The predicted molar refractivity (Wildman–Crippen MR) is 190 cm³/mol. The van der Waals surface area contributed by atoms with E-state index in [9.17, 15) is 0 Å². The Hall–Kier alpha value is -0.730. The molecule has 4 nitrogen and oxygen atoms in total. The highest BCUT2D eigenvalue weighted by Gasteiger charge is 1.98. The van der Waals surface area contributed by atoms with E-state index in [2.05, 4.69) is 83.6 Å². The summed E-state index contributed by atoms with van der Waals surface area (Å²) in [6, 6.07) is 17.3. The van der Waals surface area contributed by atoms with Crippen LogP contribution >= 0.6 is 34.0 Å². The van der Waals surface area contributed by atoms with Crippen molar-refractivity contribution in [3.05, 3.63) is 70.8 Å². The molecule has 7 heteroatoms. The van der Waals surface area contributed by atoms with E-state index >= 15 is 0 Å². The highest BCUT2D eigenvalue weighted by Crippen LogP contribution is 2.19. The molecule has 2 aromatic rings. The van der Waals surface area contributed by atoms with E-state index in [1.165, 1.54) is 111 Å². The topological polar surface area (TPSA) is 48.1 Å². The number of hydrogen-bond acceptors (Lipinski definition) is 6. The Labute approximate surface area is 267 Å². The minimum atomic E-state index is 0. The summed E-state index contributed by atoms with van der Waals surface area (Å²) in [5.74, 6) is 2.41. The SMILES string of the molecule is Cc1ccccc1CNCCCCCCCNCCSSCCNCCCCCCCNCc1ccccc1C.Cl. The van der Waals surface area contributed by atoms with Crippen LogP contribution < -0.4 is 21.3 Å². The van der Waals surface area contributed by atoms with Gasteiger partial charge in [-0.05, 0) is 88.0 Å². The highest BCUT2D eigenvalue weighted by molar-refractivity contribution is 8.76. The molecule has 0 amide bonds. The fraction of sp³-hybridized carbons (Fsp3) is 0.647. The van der Waals surface area contributed by atoms with Crippen molar-refractivity contribution < 1.29 is 0 Å². The second-order valence-corrected chi connectivity index (χ2v) is 13.6. The van der Waals surface area contributed by atoms with Crippen LogP contribution in [0.5, 0.6) is 0 Å². The van der Waals surface area contributed by atoms with Crippen LogP contribution in [0, 0.1) is 13.8 Å². The van der Waals surface area contributed by atoms with Crippen LogP contribution in [0.4, 0.5) is 0 Å². The molecular formula is C34H59ClN4S2. The van der Waals surface area contributed by atoms with Crippen molar-refractivity contribution in [2.75, 3.05) is 50.8 Å². The van der Waals surface area contributed by atoms with Crippen LogP contribution in [-0.4, -0.2) is 50.8 Å². The summed E-state index contributed by atoms with van der Waals surface area (Å²) in [6.45, 7) is 13.3. The zero-order chi connectivity index (χ0) is 28.4.